The second-order valence-corrected chi connectivity index (χ2v) is 12.0. The lowest BCUT2D eigenvalue weighted by Gasteiger charge is -2.26. The minimum absolute atomic E-state index is 0.00103. The van der Waals surface area contributed by atoms with Crippen LogP contribution < -0.4 is 24.4 Å². The van der Waals surface area contributed by atoms with Crippen LogP contribution in [0.1, 0.15) is 49.3 Å². The van der Waals surface area contributed by atoms with E-state index in [0.29, 0.717) is 65.8 Å². The Labute approximate surface area is 270 Å². The number of hydrogen-bond donors (Lipinski definition) is 0. The van der Waals surface area contributed by atoms with E-state index >= 15 is 0 Å². The zero-order chi connectivity index (χ0) is 32.6. The van der Waals surface area contributed by atoms with Crippen LogP contribution in [0.4, 0.5) is 5.69 Å². The number of ether oxygens (including phenoxy) is 3. The highest BCUT2D eigenvalue weighted by atomic mass is 79.9. The van der Waals surface area contributed by atoms with Gasteiger partial charge in [-0.2, -0.15) is 0 Å². The average Bonchev–Trinajstić information content (AvgIpc) is 3.58. The molecule has 0 fully saturated rings. The van der Waals surface area contributed by atoms with E-state index in [4.69, 9.17) is 18.6 Å². The number of furan rings is 1. The van der Waals surface area contributed by atoms with Crippen molar-refractivity contribution < 1.29 is 28.3 Å². The van der Waals surface area contributed by atoms with E-state index in [1.165, 1.54) is 17.7 Å². The van der Waals surface area contributed by atoms with E-state index in [1.807, 2.05) is 13.0 Å². The van der Waals surface area contributed by atoms with Crippen molar-refractivity contribution in [1.29, 1.82) is 0 Å². The number of carbonyl (C=O) groups is 1. The lowest BCUT2D eigenvalue weighted by molar-refractivity contribution is -0.385. The number of nitrogens with zero attached hydrogens (tertiary/aromatic N) is 3. The molecule has 45 heavy (non-hydrogen) atoms. The Bertz CT molecular complexity index is 2060. The molecule has 1 atom stereocenters. The molecular weight excluding hydrogens is 666 g/mol. The van der Waals surface area contributed by atoms with Crippen LogP contribution in [0.5, 0.6) is 11.5 Å². The number of benzene rings is 2. The SMILES string of the molecule is CCOC(=O)C1=C(C)N=c2s/c(=C/c3ccc(-c4cc(C)c(C)c([N+](=O)[O-])c4)o3)c(=O)n2[C@H]1c1cc(OC)c(OCC)cc1Br. The molecule has 1 aliphatic heterocycles. The average molecular weight is 697 g/mol. The minimum atomic E-state index is -0.885. The Hall–Kier alpha value is -4.49. The number of thiazole rings is 1. The summed E-state index contributed by atoms with van der Waals surface area (Å²) in [4.78, 5) is 43.5. The van der Waals surface area contributed by atoms with Crippen LogP contribution in [0.3, 0.4) is 0 Å². The summed E-state index contributed by atoms with van der Waals surface area (Å²) in [6.07, 6.45) is 1.59. The first kappa shape index (κ1) is 31.9. The number of allylic oxidation sites excluding steroid dienone is 1. The van der Waals surface area contributed by atoms with Crippen molar-refractivity contribution in [2.24, 2.45) is 4.99 Å². The predicted molar refractivity (Wildman–Crippen MR) is 173 cm³/mol. The van der Waals surface area contributed by atoms with Crippen LogP contribution in [0.2, 0.25) is 0 Å². The molecule has 13 heteroatoms. The third kappa shape index (κ3) is 5.97. The number of fused-ring (bicyclic) bond motifs is 1. The van der Waals surface area contributed by atoms with Crippen LogP contribution >= 0.6 is 27.3 Å². The Kier molecular flexibility index (Phi) is 9.12. The lowest BCUT2D eigenvalue weighted by Crippen LogP contribution is -2.40. The first-order valence-electron chi connectivity index (χ1n) is 14.0. The molecule has 0 bridgehead atoms. The van der Waals surface area contributed by atoms with Crippen LogP contribution in [0, 0.1) is 24.0 Å². The Morgan fingerprint density at radius 1 is 1.16 bits per heavy atom. The van der Waals surface area contributed by atoms with Crippen molar-refractivity contribution in [2.75, 3.05) is 20.3 Å². The van der Waals surface area contributed by atoms with Gasteiger partial charge in [0.05, 0.1) is 47.1 Å². The van der Waals surface area contributed by atoms with Crippen molar-refractivity contribution in [2.45, 2.75) is 40.7 Å². The van der Waals surface area contributed by atoms with Crippen LogP contribution in [-0.4, -0.2) is 35.8 Å². The molecule has 0 saturated carbocycles. The van der Waals surface area contributed by atoms with Gasteiger partial charge in [0.1, 0.15) is 11.5 Å². The summed E-state index contributed by atoms with van der Waals surface area (Å²) in [6, 6.07) is 9.28. The largest absolute Gasteiger partial charge is 0.493 e. The van der Waals surface area contributed by atoms with Gasteiger partial charge in [0.15, 0.2) is 16.3 Å². The molecule has 2 aromatic heterocycles. The van der Waals surface area contributed by atoms with Gasteiger partial charge in [-0.3, -0.25) is 19.5 Å². The Morgan fingerprint density at radius 3 is 2.58 bits per heavy atom. The van der Waals surface area contributed by atoms with E-state index < -0.39 is 22.5 Å². The maximum absolute atomic E-state index is 14.1. The number of carbonyl (C=O) groups excluding carboxylic acids is 1. The van der Waals surface area contributed by atoms with Gasteiger partial charge in [0.25, 0.3) is 11.2 Å². The van der Waals surface area contributed by atoms with Crippen molar-refractivity contribution in [3.8, 4) is 22.8 Å². The summed E-state index contributed by atoms with van der Waals surface area (Å²) in [5.74, 6) is 1.15. The number of esters is 1. The molecule has 0 aliphatic carbocycles. The van der Waals surface area contributed by atoms with Gasteiger partial charge in [0.2, 0.25) is 0 Å². The number of aryl methyl sites for hydroxylation is 1. The van der Waals surface area contributed by atoms with Crippen molar-refractivity contribution >= 4 is 45.0 Å². The highest BCUT2D eigenvalue weighted by molar-refractivity contribution is 9.10. The highest BCUT2D eigenvalue weighted by Crippen LogP contribution is 2.41. The van der Waals surface area contributed by atoms with Crippen LogP contribution in [0.25, 0.3) is 17.4 Å². The van der Waals surface area contributed by atoms with Crippen molar-refractivity contribution in [3.63, 3.8) is 0 Å². The Morgan fingerprint density at radius 2 is 1.91 bits per heavy atom. The molecule has 11 nitrogen and oxygen atoms in total. The summed E-state index contributed by atoms with van der Waals surface area (Å²) in [5.41, 5.74) is 2.73. The fourth-order valence-electron chi connectivity index (χ4n) is 5.16. The summed E-state index contributed by atoms with van der Waals surface area (Å²) < 4.78 is 25.1. The highest BCUT2D eigenvalue weighted by Gasteiger charge is 2.35. The number of nitro benzene ring substituents is 1. The number of methoxy groups -OCH3 is 1. The molecule has 234 valence electrons. The molecule has 0 unspecified atom stereocenters. The molecule has 4 aromatic rings. The number of nitro groups is 1. The molecular formula is C32H30BrN3O8S. The molecule has 0 amide bonds. The van der Waals surface area contributed by atoms with E-state index in [-0.39, 0.29) is 17.9 Å². The van der Waals surface area contributed by atoms with Gasteiger partial charge >= 0.3 is 5.97 Å². The third-order valence-corrected chi connectivity index (χ3v) is 9.09. The van der Waals surface area contributed by atoms with Gasteiger partial charge < -0.3 is 18.6 Å². The fourth-order valence-corrected chi connectivity index (χ4v) is 6.73. The van der Waals surface area contributed by atoms with Gasteiger partial charge in [0, 0.05) is 27.7 Å². The summed E-state index contributed by atoms with van der Waals surface area (Å²) in [7, 11) is 1.52. The molecule has 1 aliphatic rings. The monoisotopic (exact) mass is 695 g/mol. The smallest absolute Gasteiger partial charge is 0.338 e. The van der Waals surface area contributed by atoms with Crippen molar-refractivity contribution in [1.82, 2.24) is 4.57 Å². The molecule has 3 heterocycles. The fraction of sp³-hybridized carbons (Fsp3) is 0.281. The van der Waals surface area contributed by atoms with E-state index in [1.54, 1.807) is 58.0 Å². The molecule has 0 N–H and O–H groups in total. The zero-order valence-corrected chi connectivity index (χ0v) is 27.8. The Balaban J connectivity index is 1.66. The number of rotatable bonds is 9. The summed E-state index contributed by atoms with van der Waals surface area (Å²) in [6.45, 7) is 9.34. The van der Waals surface area contributed by atoms with E-state index in [2.05, 4.69) is 20.9 Å². The quantitative estimate of drug-likeness (QED) is 0.123. The third-order valence-electron chi connectivity index (χ3n) is 7.42. The van der Waals surface area contributed by atoms with Gasteiger partial charge in [-0.15, -0.1) is 0 Å². The molecule has 0 saturated heterocycles. The first-order valence-corrected chi connectivity index (χ1v) is 15.7. The second kappa shape index (κ2) is 12.9. The predicted octanol–water partition coefficient (Wildman–Crippen LogP) is 5.75. The maximum Gasteiger partial charge on any atom is 0.338 e. The molecule has 0 spiro atoms. The van der Waals surface area contributed by atoms with E-state index in [9.17, 15) is 19.7 Å². The number of aromatic nitrogens is 1. The first-order chi connectivity index (χ1) is 21.5. The molecule has 0 radical (unpaired) electrons. The topological polar surface area (TPSA) is 135 Å². The number of hydrogen-bond acceptors (Lipinski definition) is 10. The number of halogens is 1. The molecule has 5 rings (SSSR count). The molecule has 2 aromatic carbocycles. The normalized spacial score (nSPS) is 14.6. The van der Waals surface area contributed by atoms with Crippen LogP contribution in [0.15, 0.2) is 66.3 Å². The second-order valence-electron chi connectivity index (χ2n) is 10.2. The zero-order valence-electron chi connectivity index (χ0n) is 25.4. The summed E-state index contributed by atoms with van der Waals surface area (Å²) >= 11 is 4.77. The van der Waals surface area contributed by atoms with E-state index in [0.717, 1.165) is 16.9 Å². The van der Waals surface area contributed by atoms with Gasteiger partial charge in [-0.05, 0) is 76.1 Å². The minimum Gasteiger partial charge on any atom is -0.493 e. The summed E-state index contributed by atoms with van der Waals surface area (Å²) in [5, 5.41) is 11.6. The maximum atomic E-state index is 14.1. The van der Waals surface area contributed by atoms with Gasteiger partial charge in [-0.1, -0.05) is 27.3 Å². The lowest BCUT2D eigenvalue weighted by atomic mass is 9.95. The van der Waals surface area contributed by atoms with Crippen LogP contribution in [-0.2, 0) is 9.53 Å². The van der Waals surface area contributed by atoms with Gasteiger partial charge in [-0.25, -0.2) is 9.79 Å². The standard InChI is InChI=1S/C32H30BrN3O8S/c1-7-42-26-15-22(33)21(14-25(26)41-6)29-28(31(38)43-8-2)18(5)34-32-35(29)30(37)27(45-32)13-20-9-10-24(44-20)19-11-16(3)17(4)23(12-19)36(39)40/h9-15,29H,7-8H2,1-6H3/b27-13+/t29-/m0/s1. The van der Waals surface area contributed by atoms with Crippen molar-refractivity contribution in [3.05, 3.63) is 104 Å².